The molecule has 0 saturated carbocycles. The minimum absolute atomic E-state index is 0.0371. The summed E-state index contributed by atoms with van der Waals surface area (Å²) in [7, 11) is 0. The van der Waals surface area contributed by atoms with Crippen LogP contribution in [0.15, 0.2) is 53.3 Å². The monoisotopic (exact) mass is 516 g/mol. The zero-order valence-corrected chi connectivity index (χ0v) is 22.8. The number of pyridine rings is 1. The fraction of sp³-hybridized carbons (Fsp3) is 0.414. The van der Waals surface area contributed by atoms with Gasteiger partial charge in [0.05, 0.1) is 11.9 Å². The molecule has 1 saturated heterocycles. The van der Waals surface area contributed by atoms with E-state index >= 15 is 0 Å². The van der Waals surface area contributed by atoms with Crippen molar-refractivity contribution >= 4 is 17.5 Å². The molecular weight excluding hydrogens is 480 g/mol. The fourth-order valence-electron chi connectivity index (χ4n) is 4.44. The van der Waals surface area contributed by atoms with Crippen LogP contribution in [0.1, 0.15) is 68.2 Å². The molecule has 0 radical (unpaired) electrons. The Morgan fingerprint density at radius 2 is 2.03 bits per heavy atom. The van der Waals surface area contributed by atoms with E-state index in [2.05, 4.69) is 49.4 Å². The highest BCUT2D eigenvalue weighted by molar-refractivity contribution is 5.92. The van der Waals surface area contributed by atoms with E-state index in [9.17, 15) is 9.59 Å². The summed E-state index contributed by atoms with van der Waals surface area (Å²) in [5, 5.41) is 9.88. The number of hydrogen-bond acceptors (Lipinski definition) is 7. The Balaban J connectivity index is 1.46. The summed E-state index contributed by atoms with van der Waals surface area (Å²) in [6.07, 6.45) is 5.59. The van der Waals surface area contributed by atoms with Crippen molar-refractivity contribution < 1.29 is 14.1 Å². The van der Waals surface area contributed by atoms with Crippen molar-refractivity contribution in [2.45, 2.75) is 65.5 Å². The number of amides is 2. The molecule has 1 aromatic carbocycles. The number of carbonyl (C=O) groups excluding carboxylic acids is 2. The van der Waals surface area contributed by atoms with E-state index in [-0.39, 0.29) is 23.3 Å². The number of anilines is 1. The van der Waals surface area contributed by atoms with Crippen LogP contribution in [0.5, 0.6) is 0 Å². The van der Waals surface area contributed by atoms with Gasteiger partial charge in [0.15, 0.2) is 5.82 Å². The highest BCUT2D eigenvalue weighted by Crippen LogP contribution is 2.33. The predicted octanol–water partition coefficient (Wildman–Crippen LogP) is 4.33. The minimum atomic E-state index is -0.397. The van der Waals surface area contributed by atoms with E-state index in [0.29, 0.717) is 24.5 Å². The van der Waals surface area contributed by atoms with Gasteiger partial charge in [0.2, 0.25) is 5.91 Å². The van der Waals surface area contributed by atoms with Gasteiger partial charge in [-0.1, -0.05) is 50.7 Å². The number of aromatic nitrogens is 3. The molecule has 1 aliphatic heterocycles. The maximum atomic E-state index is 12.6. The van der Waals surface area contributed by atoms with E-state index < -0.39 is 5.91 Å². The first-order chi connectivity index (χ1) is 18.0. The standard InChI is InChI=1S/C29H36N6O3/c1-18(2)25(36)32-22-8-7-13-35(17-22)24-16-30-12-11-23(24)20-9-10-21(19(3)14-20)15-31-26(37)27-33-28(34-38-27)29(4,5)6/h9-12,14,16,22H,1,7-8,13,15,17H2,2-6H3,(H,31,37)(H,32,36). The highest BCUT2D eigenvalue weighted by atomic mass is 16.5. The summed E-state index contributed by atoms with van der Waals surface area (Å²) in [5.74, 6) is -0.0407. The molecule has 0 bridgehead atoms. The molecule has 1 fully saturated rings. The molecule has 9 heteroatoms. The van der Waals surface area contributed by atoms with Crippen LogP contribution >= 0.6 is 0 Å². The normalized spacial score (nSPS) is 15.7. The van der Waals surface area contributed by atoms with Gasteiger partial charge < -0.3 is 20.1 Å². The minimum Gasteiger partial charge on any atom is -0.368 e. The Morgan fingerprint density at radius 1 is 1.24 bits per heavy atom. The van der Waals surface area contributed by atoms with Crippen LogP contribution in [0, 0.1) is 6.92 Å². The van der Waals surface area contributed by atoms with Gasteiger partial charge in [0.25, 0.3) is 0 Å². The van der Waals surface area contributed by atoms with Crippen molar-refractivity contribution in [1.82, 2.24) is 25.8 Å². The molecule has 1 atom stereocenters. The number of aryl methyl sites for hydroxylation is 1. The van der Waals surface area contributed by atoms with Gasteiger partial charge in [-0.25, -0.2) is 0 Å². The largest absolute Gasteiger partial charge is 0.368 e. The fourth-order valence-corrected chi connectivity index (χ4v) is 4.44. The van der Waals surface area contributed by atoms with Crippen molar-refractivity contribution in [2.75, 3.05) is 18.0 Å². The number of nitrogens with zero attached hydrogens (tertiary/aromatic N) is 4. The van der Waals surface area contributed by atoms with Gasteiger partial charge in [0, 0.05) is 48.4 Å². The van der Waals surface area contributed by atoms with E-state index in [4.69, 9.17) is 4.52 Å². The smallest absolute Gasteiger partial charge is 0.315 e. The third-order valence-corrected chi connectivity index (χ3v) is 6.67. The first kappa shape index (κ1) is 27.0. The first-order valence-electron chi connectivity index (χ1n) is 12.9. The second-order valence-corrected chi connectivity index (χ2v) is 10.9. The molecule has 2 aromatic heterocycles. The van der Waals surface area contributed by atoms with Crippen LogP contribution in [-0.4, -0.2) is 46.1 Å². The lowest BCUT2D eigenvalue weighted by Gasteiger charge is -2.35. The Morgan fingerprint density at radius 3 is 2.71 bits per heavy atom. The SMILES string of the molecule is C=C(C)C(=O)NC1CCCN(c2cnccc2-c2ccc(CNC(=O)c3nc(C(C)(C)C)no3)c(C)c2)C1. The van der Waals surface area contributed by atoms with Gasteiger partial charge in [-0.05, 0) is 49.4 Å². The van der Waals surface area contributed by atoms with Gasteiger partial charge in [0.1, 0.15) is 0 Å². The summed E-state index contributed by atoms with van der Waals surface area (Å²) in [4.78, 5) is 35.6. The van der Waals surface area contributed by atoms with Gasteiger partial charge in [-0.15, -0.1) is 0 Å². The Hall–Kier alpha value is -4.01. The van der Waals surface area contributed by atoms with Gasteiger partial charge >= 0.3 is 11.8 Å². The van der Waals surface area contributed by atoms with Crippen LogP contribution < -0.4 is 15.5 Å². The van der Waals surface area contributed by atoms with E-state index in [1.807, 2.05) is 46.0 Å². The van der Waals surface area contributed by atoms with Crippen molar-refractivity contribution in [1.29, 1.82) is 0 Å². The molecule has 1 unspecified atom stereocenters. The maximum absolute atomic E-state index is 12.6. The topological polar surface area (TPSA) is 113 Å². The number of benzene rings is 1. The zero-order chi connectivity index (χ0) is 27.4. The molecule has 1 aliphatic rings. The van der Waals surface area contributed by atoms with Crippen LogP contribution in [-0.2, 0) is 16.8 Å². The average molecular weight is 517 g/mol. The molecule has 3 aromatic rings. The molecule has 38 heavy (non-hydrogen) atoms. The summed E-state index contributed by atoms with van der Waals surface area (Å²) in [5.41, 5.74) is 5.44. The van der Waals surface area contributed by atoms with Crippen LogP contribution in [0.4, 0.5) is 5.69 Å². The van der Waals surface area contributed by atoms with Gasteiger partial charge in [-0.3, -0.25) is 14.6 Å². The van der Waals surface area contributed by atoms with E-state index in [1.165, 1.54) is 0 Å². The Labute approximate surface area is 223 Å². The molecule has 9 nitrogen and oxygen atoms in total. The molecule has 0 aliphatic carbocycles. The van der Waals surface area contributed by atoms with E-state index in [0.717, 1.165) is 47.3 Å². The van der Waals surface area contributed by atoms with Crippen LogP contribution in [0.3, 0.4) is 0 Å². The summed E-state index contributed by atoms with van der Waals surface area (Å²) in [6.45, 7) is 15.3. The first-order valence-corrected chi connectivity index (χ1v) is 12.9. The summed E-state index contributed by atoms with van der Waals surface area (Å²) >= 11 is 0. The number of nitrogens with one attached hydrogen (secondary N) is 2. The lowest BCUT2D eigenvalue weighted by Crippen LogP contribution is -2.48. The molecule has 2 N–H and O–H groups in total. The quantitative estimate of drug-likeness (QED) is 0.450. The van der Waals surface area contributed by atoms with Gasteiger partial charge in [-0.2, -0.15) is 4.98 Å². The van der Waals surface area contributed by atoms with Crippen LogP contribution in [0.25, 0.3) is 11.1 Å². The lowest BCUT2D eigenvalue weighted by molar-refractivity contribution is -0.118. The molecule has 3 heterocycles. The van der Waals surface area contributed by atoms with Crippen molar-refractivity contribution in [3.8, 4) is 11.1 Å². The predicted molar refractivity (Wildman–Crippen MR) is 147 cm³/mol. The maximum Gasteiger partial charge on any atom is 0.315 e. The lowest BCUT2D eigenvalue weighted by atomic mass is 9.96. The molecular formula is C29H36N6O3. The zero-order valence-electron chi connectivity index (χ0n) is 22.8. The van der Waals surface area contributed by atoms with E-state index in [1.54, 1.807) is 13.1 Å². The number of rotatable bonds is 7. The molecule has 0 spiro atoms. The van der Waals surface area contributed by atoms with Crippen molar-refractivity contribution in [3.63, 3.8) is 0 Å². The third kappa shape index (κ3) is 6.27. The number of carbonyl (C=O) groups is 2. The third-order valence-electron chi connectivity index (χ3n) is 6.67. The molecule has 4 rings (SSSR count). The second kappa shape index (κ2) is 11.2. The Kier molecular flexibility index (Phi) is 7.94. The highest BCUT2D eigenvalue weighted by Gasteiger charge is 2.25. The number of piperidine rings is 1. The summed E-state index contributed by atoms with van der Waals surface area (Å²) in [6, 6.07) is 8.28. The van der Waals surface area contributed by atoms with Crippen LogP contribution in [0.2, 0.25) is 0 Å². The average Bonchev–Trinajstić information content (AvgIpc) is 3.39. The number of hydrogen-bond donors (Lipinski definition) is 2. The Bertz CT molecular complexity index is 1340. The second-order valence-electron chi connectivity index (χ2n) is 10.9. The van der Waals surface area contributed by atoms with Crippen molar-refractivity contribution in [2.24, 2.45) is 0 Å². The summed E-state index contributed by atoms with van der Waals surface area (Å²) < 4.78 is 5.15. The molecule has 2 amide bonds. The van der Waals surface area contributed by atoms with Crippen molar-refractivity contribution in [3.05, 3.63) is 71.7 Å². The molecule has 200 valence electrons.